The Bertz CT molecular complexity index is 1130. The third kappa shape index (κ3) is 8.02. The molecule has 0 radical (unpaired) electrons. The van der Waals surface area contributed by atoms with E-state index < -0.39 is 72.8 Å². The molecule has 0 aliphatic rings. The van der Waals surface area contributed by atoms with Gasteiger partial charge in [-0.25, -0.2) is 4.79 Å². The predicted molar refractivity (Wildman–Crippen MR) is 132 cm³/mol. The molecule has 5 unspecified atom stereocenters. The van der Waals surface area contributed by atoms with Gasteiger partial charge in [0.15, 0.2) is 0 Å². The Morgan fingerprint density at radius 2 is 1.62 bits per heavy atom. The number of benzene rings is 1. The molecule has 0 saturated heterocycles. The van der Waals surface area contributed by atoms with E-state index in [1.54, 1.807) is 20.0 Å². The Labute approximate surface area is 212 Å². The van der Waals surface area contributed by atoms with Gasteiger partial charge in [-0.05, 0) is 17.5 Å². The lowest BCUT2D eigenvalue weighted by molar-refractivity contribution is -0.147. The molecule has 0 fully saturated rings. The van der Waals surface area contributed by atoms with Crippen LogP contribution in [0.25, 0.3) is 10.9 Å². The van der Waals surface area contributed by atoms with Crippen LogP contribution in [0.1, 0.15) is 32.3 Å². The third-order valence-electron chi connectivity index (χ3n) is 6.05. The van der Waals surface area contributed by atoms with Crippen molar-refractivity contribution in [3.8, 4) is 0 Å². The number of carbonyl (C=O) groups is 5. The quantitative estimate of drug-likeness (QED) is 0.154. The van der Waals surface area contributed by atoms with Crippen molar-refractivity contribution in [3.63, 3.8) is 0 Å². The molecule has 2 aromatic rings. The number of hydrogen-bond donors (Lipinski definition) is 8. The van der Waals surface area contributed by atoms with E-state index in [9.17, 15) is 34.2 Å². The average molecular weight is 520 g/mol. The summed E-state index contributed by atoms with van der Waals surface area (Å²) in [4.78, 5) is 64.2. The molecule has 2 rings (SSSR count). The maximum Gasteiger partial charge on any atom is 0.326 e. The number of H-pyrrole nitrogens is 1. The highest BCUT2D eigenvalue weighted by atomic mass is 16.4. The SMILES string of the molecule is CCC(C)C(NC(=O)C(Cc1c[nH]c2ccccc12)NC(=O)C(N)CO)C(=O)NC(CC(=O)O)C(=O)O. The van der Waals surface area contributed by atoms with Crippen LogP contribution in [0.4, 0.5) is 0 Å². The van der Waals surface area contributed by atoms with E-state index in [0.717, 1.165) is 10.9 Å². The van der Waals surface area contributed by atoms with Crippen LogP contribution < -0.4 is 21.7 Å². The van der Waals surface area contributed by atoms with Gasteiger partial charge < -0.3 is 42.0 Å². The molecule has 3 amide bonds. The van der Waals surface area contributed by atoms with Gasteiger partial charge in [0.1, 0.15) is 24.2 Å². The number of aliphatic hydroxyl groups is 1. The average Bonchev–Trinajstić information content (AvgIpc) is 3.27. The fraction of sp³-hybridized carbons (Fsp3) is 0.458. The number of aliphatic hydroxyl groups excluding tert-OH is 1. The number of hydrogen-bond acceptors (Lipinski definition) is 7. The molecule has 1 heterocycles. The van der Waals surface area contributed by atoms with E-state index in [1.807, 2.05) is 24.3 Å². The number of nitrogens with two attached hydrogens (primary N) is 1. The zero-order valence-corrected chi connectivity index (χ0v) is 20.6. The number of nitrogens with one attached hydrogen (secondary N) is 4. The minimum atomic E-state index is -1.70. The van der Waals surface area contributed by atoms with Crippen LogP contribution in [-0.2, 0) is 30.4 Å². The van der Waals surface area contributed by atoms with Gasteiger partial charge in [0, 0.05) is 23.5 Å². The van der Waals surface area contributed by atoms with Gasteiger partial charge in [0.2, 0.25) is 17.7 Å². The summed E-state index contributed by atoms with van der Waals surface area (Å²) in [5.74, 6) is -5.81. The summed E-state index contributed by atoms with van der Waals surface area (Å²) in [6.45, 7) is 2.77. The lowest BCUT2D eigenvalue weighted by Crippen LogP contribution is -2.59. The number of carboxylic acids is 2. The molecule has 0 aliphatic carbocycles. The Morgan fingerprint density at radius 3 is 2.22 bits per heavy atom. The Morgan fingerprint density at radius 1 is 0.973 bits per heavy atom. The van der Waals surface area contributed by atoms with Crippen molar-refractivity contribution in [2.24, 2.45) is 11.7 Å². The topological polar surface area (TPSA) is 224 Å². The summed E-state index contributed by atoms with van der Waals surface area (Å²) in [7, 11) is 0. The summed E-state index contributed by atoms with van der Waals surface area (Å²) >= 11 is 0. The van der Waals surface area contributed by atoms with Crippen molar-refractivity contribution in [1.82, 2.24) is 20.9 Å². The maximum atomic E-state index is 13.4. The highest BCUT2D eigenvalue weighted by molar-refractivity contribution is 5.95. The molecule has 5 atom stereocenters. The van der Waals surface area contributed by atoms with E-state index in [1.165, 1.54) is 0 Å². The van der Waals surface area contributed by atoms with E-state index in [-0.39, 0.29) is 6.42 Å². The van der Waals surface area contributed by atoms with Crippen LogP contribution in [0.5, 0.6) is 0 Å². The fourth-order valence-electron chi connectivity index (χ4n) is 3.68. The van der Waals surface area contributed by atoms with E-state index in [4.69, 9.17) is 10.8 Å². The predicted octanol–water partition coefficient (Wildman–Crippen LogP) is -0.910. The summed E-state index contributed by atoms with van der Waals surface area (Å²) in [5.41, 5.74) is 7.11. The smallest absolute Gasteiger partial charge is 0.326 e. The summed E-state index contributed by atoms with van der Waals surface area (Å²) in [6, 6.07) is 1.93. The van der Waals surface area contributed by atoms with Crippen molar-refractivity contribution >= 4 is 40.6 Å². The van der Waals surface area contributed by atoms with Crippen molar-refractivity contribution in [2.75, 3.05) is 6.61 Å². The van der Waals surface area contributed by atoms with E-state index in [0.29, 0.717) is 12.0 Å². The first kappa shape index (κ1) is 29.3. The van der Waals surface area contributed by atoms with Crippen LogP contribution in [0.2, 0.25) is 0 Å². The van der Waals surface area contributed by atoms with Gasteiger partial charge in [-0.15, -0.1) is 0 Å². The number of aromatic amines is 1. The number of carbonyl (C=O) groups excluding carboxylic acids is 3. The number of fused-ring (bicyclic) bond motifs is 1. The fourth-order valence-corrected chi connectivity index (χ4v) is 3.68. The monoisotopic (exact) mass is 519 g/mol. The molecular formula is C24H33N5O8. The normalized spacial score (nSPS) is 15.1. The van der Waals surface area contributed by atoms with Crippen molar-refractivity contribution in [3.05, 3.63) is 36.0 Å². The molecule has 0 aliphatic heterocycles. The Balaban J connectivity index is 2.31. The zero-order valence-electron chi connectivity index (χ0n) is 20.6. The van der Waals surface area contributed by atoms with Crippen LogP contribution in [0.3, 0.4) is 0 Å². The number of amides is 3. The second kappa shape index (κ2) is 13.4. The molecule has 1 aromatic heterocycles. The van der Waals surface area contributed by atoms with Crippen molar-refractivity contribution < 1.29 is 39.3 Å². The summed E-state index contributed by atoms with van der Waals surface area (Å²) in [5, 5.41) is 35.5. The lowest BCUT2D eigenvalue weighted by atomic mass is 9.96. The zero-order chi connectivity index (χ0) is 27.7. The number of carboxylic acid groups (broad SMARTS) is 2. The van der Waals surface area contributed by atoms with Gasteiger partial charge in [-0.2, -0.15) is 0 Å². The molecule has 13 nitrogen and oxygen atoms in total. The van der Waals surface area contributed by atoms with Gasteiger partial charge in [0.05, 0.1) is 13.0 Å². The Kier molecular flexibility index (Phi) is 10.6. The minimum Gasteiger partial charge on any atom is -0.481 e. The highest BCUT2D eigenvalue weighted by Crippen LogP contribution is 2.19. The van der Waals surface area contributed by atoms with Crippen LogP contribution in [0, 0.1) is 5.92 Å². The third-order valence-corrected chi connectivity index (χ3v) is 6.05. The number of aromatic nitrogens is 1. The molecule has 0 spiro atoms. The van der Waals surface area contributed by atoms with Gasteiger partial charge in [-0.1, -0.05) is 38.5 Å². The van der Waals surface area contributed by atoms with Crippen LogP contribution in [-0.4, -0.2) is 80.7 Å². The lowest BCUT2D eigenvalue weighted by Gasteiger charge is -2.28. The molecular weight excluding hydrogens is 486 g/mol. The van der Waals surface area contributed by atoms with Crippen LogP contribution >= 0.6 is 0 Å². The number of para-hydroxylation sites is 1. The summed E-state index contributed by atoms with van der Waals surface area (Å²) in [6.07, 6.45) is 1.28. The first-order chi connectivity index (χ1) is 17.5. The molecule has 13 heteroatoms. The molecule has 1 aromatic carbocycles. The summed E-state index contributed by atoms with van der Waals surface area (Å²) < 4.78 is 0. The molecule has 0 saturated carbocycles. The number of rotatable bonds is 14. The van der Waals surface area contributed by atoms with Gasteiger partial charge in [0.25, 0.3) is 0 Å². The molecule has 9 N–H and O–H groups in total. The minimum absolute atomic E-state index is 0.0192. The maximum absolute atomic E-state index is 13.4. The van der Waals surface area contributed by atoms with Gasteiger partial charge in [-0.3, -0.25) is 19.2 Å². The van der Waals surface area contributed by atoms with Crippen molar-refractivity contribution in [1.29, 1.82) is 0 Å². The van der Waals surface area contributed by atoms with Crippen molar-refractivity contribution in [2.45, 2.75) is 57.3 Å². The first-order valence-corrected chi connectivity index (χ1v) is 11.8. The number of aliphatic carboxylic acids is 2. The van der Waals surface area contributed by atoms with Crippen LogP contribution in [0.15, 0.2) is 30.5 Å². The first-order valence-electron chi connectivity index (χ1n) is 11.8. The molecule has 202 valence electrons. The largest absolute Gasteiger partial charge is 0.481 e. The van der Waals surface area contributed by atoms with Gasteiger partial charge >= 0.3 is 11.9 Å². The standard InChI is InChI=1S/C24H33N5O8/c1-3-12(2)20(23(35)28-18(24(36)37)9-19(31)32)29-22(34)17(27-21(33)15(25)11-30)8-13-10-26-16-7-5-4-6-14(13)16/h4-7,10,12,15,17-18,20,26,30H,3,8-9,11,25H2,1-2H3,(H,27,33)(H,28,35)(H,29,34)(H,31,32)(H,36,37). The highest BCUT2D eigenvalue weighted by Gasteiger charge is 2.33. The van der Waals surface area contributed by atoms with E-state index in [2.05, 4.69) is 20.9 Å². The Hall–Kier alpha value is -3.97. The second-order valence-corrected chi connectivity index (χ2v) is 8.78. The molecule has 37 heavy (non-hydrogen) atoms. The van der Waals surface area contributed by atoms with E-state index >= 15 is 0 Å². The second-order valence-electron chi connectivity index (χ2n) is 8.78. The molecule has 0 bridgehead atoms.